The number of nitrogens with one attached hydrogen (secondary N) is 1. The van der Waals surface area contributed by atoms with E-state index in [1.54, 1.807) is 0 Å². The van der Waals surface area contributed by atoms with E-state index < -0.39 is 0 Å². The molecule has 0 bridgehead atoms. The van der Waals surface area contributed by atoms with Crippen molar-refractivity contribution < 1.29 is 4.79 Å². The Morgan fingerprint density at radius 3 is 2.70 bits per heavy atom. The molecule has 0 heterocycles. The first-order valence-corrected chi connectivity index (χ1v) is 6.89. The number of nitrogens with two attached hydrogens (primary N) is 1. The van der Waals surface area contributed by atoms with Crippen LogP contribution in [0.5, 0.6) is 0 Å². The fourth-order valence-electron chi connectivity index (χ4n) is 2.04. The van der Waals surface area contributed by atoms with E-state index in [0.29, 0.717) is 30.1 Å². The van der Waals surface area contributed by atoms with E-state index in [1.807, 2.05) is 48.5 Å². The standard InChI is InChI=1S/C16H17ClN2O/c17-14-6-3-4-12(10-14)11-19-16(20)15-7-2-1-5-13(15)8-9-18/h1-7,10H,8-9,11,18H2,(H,19,20). The summed E-state index contributed by atoms with van der Waals surface area (Å²) in [5.41, 5.74) is 8.19. The molecule has 3 nitrogen and oxygen atoms in total. The lowest BCUT2D eigenvalue weighted by Gasteiger charge is -2.09. The summed E-state index contributed by atoms with van der Waals surface area (Å²) >= 11 is 5.92. The van der Waals surface area contributed by atoms with Crippen LogP contribution >= 0.6 is 11.6 Å². The molecule has 1 amide bonds. The molecule has 0 saturated heterocycles. The van der Waals surface area contributed by atoms with Crippen LogP contribution in [0.3, 0.4) is 0 Å². The molecule has 0 saturated carbocycles. The van der Waals surface area contributed by atoms with Crippen LogP contribution in [-0.4, -0.2) is 12.5 Å². The van der Waals surface area contributed by atoms with Gasteiger partial charge in [-0.05, 0) is 42.3 Å². The van der Waals surface area contributed by atoms with Gasteiger partial charge in [-0.3, -0.25) is 4.79 Å². The third-order valence-corrected chi connectivity index (χ3v) is 3.25. The predicted octanol–water partition coefficient (Wildman–Crippen LogP) is 2.77. The Hall–Kier alpha value is -1.84. The molecule has 0 aliphatic carbocycles. The Bertz CT molecular complexity index is 599. The predicted molar refractivity (Wildman–Crippen MR) is 81.8 cm³/mol. The highest BCUT2D eigenvalue weighted by atomic mass is 35.5. The third-order valence-electron chi connectivity index (χ3n) is 3.02. The summed E-state index contributed by atoms with van der Waals surface area (Å²) in [6.45, 7) is 0.981. The molecule has 0 spiro atoms. The zero-order valence-electron chi connectivity index (χ0n) is 11.1. The molecule has 20 heavy (non-hydrogen) atoms. The Balaban J connectivity index is 2.05. The number of amides is 1. The lowest BCUT2D eigenvalue weighted by atomic mass is 10.0. The first-order valence-electron chi connectivity index (χ1n) is 6.51. The molecule has 0 aromatic heterocycles. The van der Waals surface area contributed by atoms with E-state index in [4.69, 9.17) is 17.3 Å². The van der Waals surface area contributed by atoms with E-state index in [0.717, 1.165) is 11.1 Å². The van der Waals surface area contributed by atoms with Crippen LogP contribution in [0.25, 0.3) is 0 Å². The second kappa shape index (κ2) is 7.08. The third kappa shape index (κ3) is 3.83. The van der Waals surface area contributed by atoms with Crippen LogP contribution < -0.4 is 11.1 Å². The molecule has 3 N–H and O–H groups in total. The van der Waals surface area contributed by atoms with Crippen molar-refractivity contribution >= 4 is 17.5 Å². The number of hydrogen-bond acceptors (Lipinski definition) is 2. The van der Waals surface area contributed by atoms with E-state index in [9.17, 15) is 4.79 Å². The van der Waals surface area contributed by atoms with Crippen LogP contribution in [0.4, 0.5) is 0 Å². The monoisotopic (exact) mass is 288 g/mol. The Morgan fingerprint density at radius 1 is 1.15 bits per heavy atom. The molecule has 4 heteroatoms. The number of carbonyl (C=O) groups is 1. The van der Waals surface area contributed by atoms with Crippen LogP contribution in [0, 0.1) is 0 Å². The zero-order valence-corrected chi connectivity index (χ0v) is 11.9. The largest absolute Gasteiger partial charge is 0.348 e. The summed E-state index contributed by atoms with van der Waals surface area (Å²) in [6.07, 6.45) is 0.695. The summed E-state index contributed by atoms with van der Waals surface area (Å²) in [6, 6.07) is 15.0. The van der Waals surface area contributed by atoms with Gasteiger partial charge in [0.2, 0.25) is 0 Å². The van der Waals surface area contributed by atoms with Crippen molar-refractivity contribution in [2.45, 2.75) is 13.0 Å². The quantitative estimate of drug-likeness (QED) is 0.889. The number of hydrogen-bond donors (Lipinski definition) is 2. The maximum atomic E-state index is 12.2. The highest BCUT2D eigenvalue weighted by molar-refractivity contribution is 6.30. The van der Waals surface area contributed by atoms with E-state index in [1.165, 1.54) is 0 Å². The molecule has 2 aromatic rings. The van der Waals surface area contributed by atoms with E-state index in [-0.39, 0.29) is 5.91 Å². The average molecular weight is 289 g/mol. The molecular weight excluding hydrogens is 272 g/mol. The van der Waals surface area contributed by atoms with Crippen LogP contribution in [0.2, 0.25) is 5.02 Å². The second-order valence-corrected chi connectivity index (χ2v) is 4.94. The van der Waals surface area contributed by atoms with E-state index in [2.05, 4.69) is 5.32 Å². The fraction of sp³-hybridized carbons (Fsp3) is 0.188. The molecule has 0 radical (unpaired) electrons. The zero-order chi connectivity index (χ0) is 14.4. The Morgan fingerprint density at radius 2 is 1.95 bits per heavy atom. The van der Waals surface area contributed by atoms with Crippen molar-refractivity contribution in [2.75, 3.05) is 6.54 Å². The van der Waals surface area contributed by atoms with Crippen LogP contribution in [-0.2, 0) is 13.0 Å². The second-order valence-electron chi connectivity index (χ2n) is 4.51. The van der Waals surface area contributed by atoms with Crippen molar-refractivity contribution in [3.8, 4) is 0 Å². The topological polar surface area (TPSA) is 55.1 Å². The maximum absolute atomic E-state index is 12.2. The molecular formula is C16H17ClN2O. The van der Waals surface area contributed by atoms with Gasteiger partial charge in [0.25, 0.3) is 5.91 Å². The van der Waals surface area contributed by atoms with Gasteiger partial charge in [0.1, 0.15) is 0 Å². The van der Waals surface area contributed by atoms with Gasteiger partial charge in [0.15, 0.2) is 0 Å². The highest BCUT2D eigenvalue weighted by Crippen LogP contribution is 2.12. The van der Waals surface area contributed by atoms with Gasteiger partial charge in [0.05, 0.1) is 0 Å². The lowest BCUT2D eigenvalue weighted by molar-refractivity contribution is 0.0950. The SMILES string of the molecule is NCCc1ccccc1C(=O)NCc1cccc(Cl)c1. The van der Waals surface area contributed by atoms with Gasteiger partial charge < -0.3 is 11.1 Å². The van der Waals surface area contributed by atoms with Gasteiger partial charge in [-0.1, -0.05) is 41.9 Å². The van der Waals surface area contributed by atoms with Gasteiger partial charge >= 0.3 is 0 Å². The molecule has 0 aliphatic rings. The summed E-state index contributed by atoms with van der Waals surface area (Å²) < 4.78 is 0. The first-order chi connectivity index (χ1) is 9.70. The lowest BCUT2D eigenvalue weighted by Crippen LogP contribution is -2.24. The average Bonchev–Trinajstić information content (AvgIpc) is 2.46. The van der Waals surface area contributed by atoms with Crippen molar-refractivity contribution in [1.82, 2.24) is 5.32 Å². The van der Waals surface area contributed by atoms with Crippen molar-refractivity contribution in [1.29, 1.82) is 0 Å². The van der Waals surface area contributed by atoms with Crippen molar-refractivity contribution in [3.05, 3.63) is 70.2 Å². The number of carbonyl (C=O) groups excluding carboxylic acids is 1. The van der Waals surface area contributed by atoms with Crippen LogP contribution in [0.1, 0.15) is 21.5 Å². The van der Waals surface area contributed by atoms with E-state index >= 15 is 0 Å². The number of halogens is 1. The first kappa shape index (κ1) is 14.6. The summed E-state index contributed by atoms with van der Waals surface area (Å²) in [4.78, 5) is 12.2. The molecule has 2 rings (SSSR count). The fourth-order valence-corrected chi connectivity index (χ4v) is 2.25. The molecule has 0 fully saturated rings. The summed E-state index contributed by atoms with van der Waals surface area (Å²) in [5.74, 6) is -0.0889. The van der Waals surface area contributed by atoms with Gasteiger partial charge in [0, 0.05) is 17.1 Å². The van der Waals surface area contributed by atoms with Gasteiger partial charge in [-0.2, -0.15) is 0 Å². The minimum Gasteiger partial charge on any atom is -0.348 e. The molecule has 0 unspecified atom stereocenters. The Kier molecular flexibility index (Phi) is 5.16. The summed E-state index contributed by atoms with van der Waals surface area (Å²) in [7, 11) is 0. The molecule has 0 aliphatic heterocycles. The normalized spacial score (nSPS) is 10.3. The van der Waals surface area contributed by atoms with Gasteiger partial charge in [-0.15, -0.1) is 0 Å². The van der Waals surface area contributed by atoms with Crippen molar-refractivity contribution in [3.63, 3.8) is 0 Å². The van der Waals surface area contributed by atoms with Gasteiger partial charge in [-0.25, -0.2) is 0 Å². The number of rotatable bonds is 5. The van der Waals surface area contributed by atoms with Crippen molar-refractivity contribution in [2.24, 2.45) is 5.73 Å². The Labute approximate surface area is 123 Å². The maximum Gasteiger partial charge on any atom is 0.251 e. The molecule has 0 atom stereocenters. The smallest absolute Gasteiger partial charge is 0.251 e. The summed E-state index contributed by atoms with van der Waals surface area (Å²) in [5, 5.41) is 3.57. The molecule has 104 valence electrons. The molecule has 2 aromatic carbocycles. The minimum absolute atomic E-state index is 0.0889. The highest BCUT2D eigenvalue weighted by Gasteiger charge is 2.09. The van der Waals surface area contributed by atoms with Crippen LogP contribution in [0.15, 0.2) is 48.5 Å². The number of benzene rings is 2. The minimum atomic E-state index is -0.0889.